The van der Waals surface area contributed by atoms with Gasteiger partial charge in [-0.2, -0.15) is 0 Å². The zero-order valence-electron chi connectivity index (χ0n) is 11.7. The Balaban J connectivity index is 1.86. The topological polar surface area (TPSA) is 42.8 Å². The fraction of sp³-hybridized carbons (Fsp3) is 0.533. The van der Waals surface area contributed by atoms with Crippen LogP contribution in [0.2, 0.25) is 0 Å². The molecule has 1 atom stereocenters. The molecule has 104 valence electrons. The summed E-state index contributed by atoms with van der Waals surface area (Å²) in [5.74, 6) is 0.104. The van der Waals surface area contributed by atoms with E-state index in [0.29, 0.717) is 13.0 Å². The fourth-order valence-corrected chi connectivity index (χ4v) is 2.30. The highest BCUT2D eigenvalue weighted by Gasteiger charge is 2.20. The predicted octanol–water partition coefficient (Wildman–Crippen LogP) is -0.0488. The third-order valence-electron chi connectivity index (χ3n) is 3.43. The summed E-state index contributed by atoms with van der Waals surface area (Å²) in [6.45, 7) is 2.16. The number of rotatable bonds is 5. The van der Waals surface area contributed by atoms with Gasteiger partial charge in [0.2, 0.25) is 5.91 Å². The van der Waals surface area contributed by atoms with Crippen LogP contribution < -0.4 is 10.2 Å². The second-order valence-corrected chi connectivity index (χ2v) is 5.32. The molecule has 0 bridgehead atoms. The summed E-state index contributed by atoms with van der Waals surface area (Å²) in [6.07, 6.45) is 1.53. The second-order valence-electron chi connectivity index (χ2n) is 5.32. The molecule has 0 fully saturated rings. The van der Waals surface area contributed by atoms with E-state index in [1.807, 2.05) is 20.2 Å². The lowest BCUT2D eigenvalue weighted by atomic mass is 9.97. The van der Waals surface area contributed by atoms with Gasteiger partial charge in [0.25, 0.3) is 0 Å². The maximum Gasteiger partial charge on any atom is 0.225 e. The lowest BCUT2D eigenvalue weighted by Gasteiger charge is -2.26. The maximum absolute atomic E-state index is 11.7. The van der Waals surface area contributed by atoms with E-state index < -0.39 is 0 Å². The first-order valence-electron chi connectivity index (χ1n) is 6.92. The number of hydrogen-bond acceptors (Lipinski definition) is 2. The Morgan fingerprint density at radius 2 is 2.21 bits per heavy atom. The fourth-order valence-electron chi connectivity index (χ4n) is 2.30. The van der Waals surface area contributed by atoms with E-state index in [2.05, 4.69) is 23.5 Å². The van der Waals surface area contributed by atoms with Crippen molar-refractivity contribution in [3.8, 4) is 0 Å². The summed E-state index contributed by atoms with van der Waals surface area (Å²) in [5, 5.41) is 2.97. The molecule has 1 aliphatic rings. The molecule has 0 aliphatic carbocycles. The van der Waals surface area contributed by atoms with Crippen molar-refractivity contribution in [2.24, 2.45) is 0 Å². The Morgan fingerprint density at radius 3 is 3.00 bits per heavy atom. The van der Waals surface area contributed by atoms with Gasteiger partial charge in [0.1, 0.15) is 6.10 Å². The summed E-state index contributed by atoms with van der Waals surface area (Å²) < 4.78 is 5.76. The van der Waals surface area contributed by atoms with Crippen molar-refractivity contribution < 1.29 is 14.4 Å². The third-order valence-corrected chi connectivity index (χ3v) is 3.43. The molecule has 0 unspecified atom stereocenters. The number of carbonyl (C=O) groups is 1. The van der Waals surface area contributed by atoms with Crippen LogP contribution in [0.1, 0.15) is 23.7 Å². The van der Waals surface area contributed by atoms with Gasteiger partial charge in [0.05, 0.1) is 33.7 Å². The molecule has 1 aliphatic heterocycles. The van der Waals surface area contributed by atoms with Gasteiger partial charge < -0.3 is 15.0 Å². The molecular formula is C15H23N2O2+. The summed E-state index contributed by atoms with van der Waals surface area (Å²) >= 11 is 0. The van der Waals surface area contributed by atoms with Gasteiger partial charge in [-0.25, -0.2) is 0 Å². The molecule has 1 amide bonds. The van der Waals surface area contributed by atoms with Crippen molar-refractivity contribution >= 4 is 5.91 Å². The number of ether oxygens (including phenoxy) is 1. The molecule has 1 heterocycles. The van der Waals surface area contributed by atoms with Crippen LogP contribution in [0.25, 0.3) is 0 Å². The van der Waals surface area contributed by atoms with E-state index in [4.69, 9.17) is 4.74 Å². The highest BCUT2D eigenvalue weighted by molar-refractivity contribution is 5.75. The molecule has 0 spiro atoms. The van der Waals surface area contributed by atoms with Gasteiger partial charge in [0, 0.05) is 6.54 Å². The number of benzene rings is 1. The van der Waals surface area contributed by atoms with Crippen molar-refractivity contribution in [1.82, 2.24) is 5.32 Å². The number of hydrogen-bond donors (Lipinski definition) is 2. The lowest BCUT2D eigenvalue weighted by Crippen LogP contribution is -3.05. The SMILES string of the molecule is C[NH+](C)CCC(=O)NC[C@@H]1OCCc2ccccc21. The molecule has 1 aromatic rings. The summed E-state index contributed by atoms with van der Waals surface area (Å²) in [4.78, 5) is 13.0. The van der Waals surface area contributed by atoms with E-state index in [1.54, 1.807) is 0 Å². The van der Waals surface area contributed by atoms with Crippen LogP contribution in [0.5, 0.6) is 0 Å². The number of nitrogens with one attached hydrogen (secondary N) is 2. The van der Waals surface area contributed by atoms with Gasteiger partial charge >= 0.3 is 0 Å². The molecule has 2 N–H and O–H groups in total. The van der Waals surface area contributed by atoms with Crippen LogP contribution in [0.4, 0.5) is 0 Å². The minimum atomic E-state index is 0.000558. The van der Waals surface area contributed by atoms with Crippen LogP contribution in [0, 0.1) is 0 Å². The van der Waals surface area contributed by atoms with Crippen LogP contribution in [-0.2, 0) is 16.0 Å². The first-order chi connectivity index (χ1) is 9.16. The number of carbonyl (C=O) groups excluding carboxylic acids is 1. The van der Waals surface area contributed by atoms with E-state index in [9.17, 15) is 4.79 Å². The van der Waals surface area contributed by atoms with Crippen LogP contribution in [-0.4, -0.2) is 39.7 Å². The molecule has 2 rings (SSSR count). The van der Waals surface area contributed by atoms with E-state index >= 15 is 0 Å². The average Bonchev–Trinajstić information content (AvgIpc) is 2.42. The molecule has 1 aromatic carbocycles. The normalized spacial score (nSPS) is 18.2. The van der Waals surface area contributed by atoms with Crippen LogP contribution in [0.3, 0.4) is 0 Å². The van der Waals surface area contributed by atoms with E-state index in [1.165, 1.54) is 16.0 Å². The molecule has 4 heteroatoms. The van der Waals surface area contributed by atoms with Crippen molar-refractivity contribution in [1.29, 1.82) is 0 Å². The smallest absolute Gasteiger partial charge is 0.225 e. The van der Waals surface area contributed by atoms with Crippen molar-refractivity contribution in [3.63, 3.8) is 0 Å². The highest BCUT2D eigenvalue weighted by Crippen LogP contribution is 2.26. The molecule has 19 heavy (non-hydrogen) atoms. The summed E-state index contributed by atoms with van der Waals surface area (Å²) in [5.41, 5.74) is 2.55. The van der Waals surface area contributed by atoms with Crippen molar-refractivity contribution in [2.75, 3.05) is 33.8 Å². The van der Waals surface area contributed by atoms with E-state index in [0.717, 1.165) is 19.6 Å². The number of amides is 1. The zero-order chi connectivity index (χ0) is 13.7. The number of quaternary nitrogens is 1. The first kappa shape index (κ1) is 14.0. The highest BCUT2D eigenvalue weighted by atomic mass is 16.5. The Labute approximate surface area is 114 Å². The van der Waals surface area contributed by atoms with Crippen molar-refractivity contribution in [3.05, 3.63) is 35.4 Å². The minimum absolute atomic E-state index is 0.000558. The van der Waals surface area contributed by atoms with Gasteiger partial charge in [-0.15, -0.1) is 0 Å². The Kier molecular flexibility index (Phi) is 4.93. The standard InChI is InChI=1S/C15H22N2O2/c1-17(2)9-7-15(18)16-11-14-13-6-4-3-5-12(13)8-10-19-14/h3-6,14H,7-11H2,1-2H3,(H,16,18)/p+1/t14-/m0/s1. The monoisotopic (exact) mass is 263 g/mol. The predicted molar refractivity (Wildman–Crippen MR) is 74.1 cm³/mol. The quantitative estimate of drug-likeness (QED) is 0.782. The molecular weight excluding hydrogens is 240 g/mol. The molecule has 0 saturated heterocycles. The van der Waals surface area contributed by atoms with Crippen LogP contribution in [0.15, 0.2) is 24.3 Å². The second kappa shape index (κ2) is 6.68. The van der Waals surface area contributed by atoms with Gasteiger partial charge in [-0.1, -0.05) is 24.3 Å². The van der Waals surface area contributed by atoms with Crippen LogP contribution >= 0.6 is 0 Å². The first-order valence-corrected chi connectivity index (χ1v) is 6.92. The molecule has 0 radical (unpaired) electrons. The van der Waals surface area contributed by atoms with E-state index in [-0.39, 0.29) is 12.0 Å². The molecule has 4 nitrogen and oxygen atoms in total. The summed E-state index contributed by atoms with van der Waals surface area (Å²) in [6, 6.07) is 8.31. The Hall–Kier alpha value is -1.39. The summed E-state index contributed by atoms with van der Waals surface area (Å²) in [7, 11) is 4.10. The molecule has 0 aromatic heterocycles. The van der Waals surface area contributed by atoms with Gasteiger partial charge in [-0.3, -0.25) is 4.79 Å². The largest absolute Gasteiger partial charge is 0.371 e. The zero-order valence-corrected chi connectivity index (χ0v) is 11.7. The molecule has 0 saturated carbocycles. The van der Waals surface area contributed by atoms with Gasteiger partial charge in [0.15, 0.2) is 0 Å². The van der Waals surface area contributed by atoms with Crippen molar-refractivity contribution in [2.45, 2.75) is 18.9 Å². The Morgan fingerprint density at radius 1 is 1.42 bits per heavy atom. The number of fused-ring (bicyclic) bond motifs is 1. The maximum atomic E-state index is 11.7. The average molecular weight is 263 g/mol. The third kappa shape index (κ3) is 4.04. The minimum Gasteiger partial charge on any atom is -0.371 e. The van der Waals surface area contributed by atoms with Gasteiger partial charge in [-0.05, 0) is 17.5 Å². The Bertz CT molecular complexity index is 432. The lowest BCUT2D eigenvalue weighted by molar-refractivity contribution is -0.857.